The van der Waals surface area contributed by atoms with Crippen LogP contribution in [0.15, 0.2) is 49.1 Å². The second-order valence-electron chi connectivity index (χ2n) is 4.82. The van der Waals surface area contributed by atoms with Crippen LogP contribution in [0.25, 0.3) is 6.08 Å². The van der Waals surface area contributed by atoms with Gasteiger partial charge in [-0.2, -0.15) is 0 Å². The van der Waals surface area contributed by atoms with Gasteiger partial charge in [0.05, 0.1) is 16.8 Å². The Bertz CT molecular complexity index is 680. The number of hydrogen-bond acceptors (Lipinski definition) is 4. The molecule has 0 radical (unpaired) electrons. The zero-order valence-electron chi connectivity index (χ0n) is 12.0. The SMILES string of the molecule is C[C@H](Cn1ccnc1)NC(=O)/C=C/c1ccccc1[N+](=O)[O-]. The molecule has 1 atom stereocenters. The lowest BCUT2D eigenvalue weighted by molar-refractivity contribution is -0.385. The van der Waals surface area contributed by atoms with Crippen LogP contribution >= 0.6 is 0 Å². The van der Waals surface area contributed by atoms with Gasteiger partial charge < -0.3 is 9.88 Å². The number of nitro benzene ring substituents is 1. The number of rotatable bonds is 6. The van der Waals surface area contributed by atoms with E-state index in [9.17, 15) is 14.9 Å². The molecule has 0 fully saturated rings. The van der Waals surface area contributed by atoms with Gasteiger partial charge in [-0.15, -0.1) is 0 Å². The number of amides is 1. The van der Waals surface area contributed by atoms with Gasteiger partial charge in [0, 0.05) is 37.1 Å². The summed E-state index contributed by atoms with van der Waals surface area (Å²) in [6.07, 6.45) is 7.89. The summed E-state index contributed by atoms with van der Waals surface area (Å²) in [5.41, 5.74) is 0.364. The van der Waals surface area contributed by atoms with Crippen LogP contribution in [0.3, 0.4) is 0 Å². The average molecular weight is 300 g/mol. The number of nitrogens with one attached hydrogen (secondary N) is 1. The molecule has 114 valence electrons. The molecule has 2 aromatic rings. The summed E-state index contributed by atoms with van der Waals surface area (Å²) in [5.74, 6) is -0.300. The molecular formula is C15H16N4O3. The number of benzene rings is 1. The zero-order valence-corrected chi connectivity index (χ0v) is 12.0. The summed E-state index contributed by atoms with van der Waals surface area (Å²) >= 11 is 0. The number of nitro groups is 1. The van der Waals surface area contributed by atoms with Gasteiger partial charge in [0.2, 0.25) is 5.91 Å². The quantitative estimate of drug-likeness (QED) is 0.502. The molecule has 1 aromatic heterocycles. The summed E-state index contributed by atoms with van der Waals surface area (Å²) < 4.78 is 1.86. The normalized spacial score (nSPS) is 12.2. The minimum absolute atomic E-state index is 0.0296. The maximum atomic E-state index is 11.8. The van der Waals surface area contributed by atoms with E-state index in [0.29, 0.717) is 12.1 Å². The Morgan fingerprint density at radius 2 is 2.27 bits per heavy atom. The molecular weight excluding hydrogens is 284 g/mol. The standard InChI is InChI=1S/C15H16N4O3/c1-12(10-18-9-8-16-11-18)17-15(20)7-6-13-4-2-3-5-14(13)19(21)22/h2-9,11-12H,10H2,1H3,(H,17,20)/b7-6+/t12-/m1/s1. The maximum Gasteiger partial charge on any atom is 0.276 e. The van der Waals surface area contributed by atoms with Crippen LogP contribution < -0.4 is 5.32 Å². The highest BCUT2D eigenvalue weighted by molar-refractivity contribution is 5.92. The number of imidazole rings is 1. The van der Waals surface area contributed by atoms with Gasteiger partial charge in [0.15, 0.2) is 0 Å². The van der Waals surface area contributed by atoms with Gasteiger partial charge >= 0.3 is 0 Å². The van der Waals surface area contributed by atoms with E-state index in [2.05, 4.69) is 10.3 Å². The molecule has 0 saturated heterocycles. The molecule has 7 nitrogen and oxygen atoms in total. The minimum atomic E-state index is -0.473. The van der Waals surface area contributed by atoms with Crippen molar-refractivity contribution in [2.45, 2.75) is 19.5 Å². The fourth-order valence-corrected chi connectivity index (χ4v) is 2.01. The van der Waals surface area contributed by atoms with Crippen LogP contribution in [0.4, 0.5) is 5.69 Å². The first kappa shape index (κ1) is 15.4. The molecule has 0 bridgehead atoms. The molecule has 1 N–H and O–H groups in total. The maximum absolute atomic E-state index is 11.8. The molecule has 2 rings (SSSR count). The lowest BCUT2D eigenvalue weighted by atomic mass is 10.1. The molecule has 0 saturated carbocycles. The number of aromatic nitrogens is 2. The summed E-state index contributed by atoms with van der Waals surface area (Å²) in [4.78, 5) is 26.2. The van der Waals surface area contributed by atoms with E-state index in [-0.39, 0.29) is 17.6 Å². The summed E-state index contributed by atoms with van der Waals surface area (Å²) in [5, 5.41) is 13.7. The van der Waals surface area contributed by atoms with E-state index < -0.39 is 4.92 Å². The minimum Gasteiger partial charge on any atom is -0.348 e. The summed E-state index contributed by atoms with van der Waals surface area (Å²) in [6, 6.07) is 6.18. The van der Waals surface area contributed by atoms with E-state index in [1.54, 1.807) is 30.7 Å². The van der Waals surface area contributed by atoms with Crippen LogP contribution in [0.2, 0.25) is 0 Å². The molecule has 0 spiro atoms. The Morgan fingerprint density at radius 3 is 2.95 bits per heavy atom. The number of hydrogen-bond donors (Lipinski definition) is 1. The lowest BCUT2D eigenvalue weighted by Gasteiger charge is -2.12. The monoisotopic (exact) mass is 300 g/mol. The molecule has 0 unspecified atom stereocenters. The van der Waals surface area contributed by atoms with E-state index in [1.165, 1.54) is 18.2 Å². The van der Waals surface area contributed by atoms with Crippen molar-refractivity contribution in [2.24, 2.45) is 0 Å². The van der Waals surface area contributed by atoms with Crippen molar-refractivity contribution in [2.75, 3.05) is 0 Å². The molecule has 1 amide bonds. The lowest BCUT2D eigenvalue weighted by Crippen LogP contribution is -2.34. The van der Waals surface area contributed by atoms with Crippen LogP contribution in [-0.4, -0.2) is 26.4 Å². The van der Waals surface area contributed by atoms with Crippen molar-refractivity contribution in [1.29, 1.82) is 0 Å². The van der Waals surface area contributed by atoms with Gasteiger partial charge in [-0.25, -0.2) is 4.98 Å². The third kappa shape index (κ3) is 4.27. The average Bonchev–Trinajstić information content (AvgIpc) is 2.98. The highest BCUT2D eigenvalue weighted by Gasteiger charge is 2.10. The van der Waals surface area contributed by atoms with Crippen LogP contribution in [-0.2, 0) is 11.3 Å². The number of nitrogens with zero attached hydrogens (tertiary/aromatic N) is 3. The Morgan fingerprint density at radius 1 is 1.50 bits per heavy atom. The molecule has 0 aliphatic carbocycles. The Balaban J connectivity index is 1.95. The highest BCUT2D eigenvalue weighted by Crippen LogP contribution is 2.18. The van der Waals surface area contributed by atoms with Crippen molar-refractivity contribution in [3.05, 3.63) is 64.7 Å². The van der Waals surface area contributed by atoms with Crippen LogP contribution in [0.1, 0.15) is 12.5 Å². The van der Waals surface area contributed by atoms with E-state index in [0.717, 1.165) is 0 Å². The topological polar surface area (TPSA) is 90.1 Å². The van der Waals surface area contributed by atoms with Gasteiger partial charge in [-0.05, 0) is 19.1 Å². The third-order valence-electron chi connectivity index (χ3n) is 2.98. The second kappa shape index (κ2) is 7.16. The predicted molar refractivity (Wildman–Crippen MR) is 82.0 cm³/mol. The molecule has 7 heteroatoms. The number of para-hydroxylation sites is 1. The van der Waals surface area contributed by atoms with Gasteiger partial charge in [-0.3, -0.25) is 14.9 Å². The third-order valence-corrected chi connectivity index (χ3v) is 2.98. The molecule has 1 heterocycles. The van der Waals surface area contributed by atoms with Crippen molar-refractivity contribution >= 4 is 17.7 Å². The fraction of sp³-hybridized carbons (Fsp3) is 0.200. The van der Waals surface area contributed by atoms with Crippen LogP contribution in [0.5, 0.6) is 0 Å². The van der Waals surface area contributed by atoms with E-state index >= 15 is 0 Å². The number of carbonyl (C=O) groups excluding carboxylic acids is 1. The summed E-state index contributed by atoms with van der Waals surface area (Å²) in [6.45, 7) is 2.47. The van der Waals surface area contributed by atoms with Crippen molar-refractivity contribution in [1.82, 2.24) is 14.9 Å². The van der Waals surface area contributed by atoms with E-state index in [1.807, 2.05) is 17.7 Å². The first-order valence-corrected chi connectivity index (χ1v) is 6.74. The number of carbonyl (C=O) groups is 1. The fourth-order valence-electron chi connectivity index (χ4n) is 2.01. The first-order chi connectivity index (χ1) is 10.6. The van der Waals surface area contributed by atoms with Crippen molar-refractivity contribution < 1.29 is 9.72 Å². The molecule has 1 aromatic carbocycles. The van der Waals surface area contributed by atoms with Crippen molar-refractivity contribution in [3.8, 4) is 0 Å². The zero-order chi connectivity index (χ0) is 15.9. The Hall–Kier alpha value is -2.96. The van der Waals surface area contributed by atoms with Gasteiger partial charge in [-0.1, -0.05) is 12.1 Å². The predicted octanol–water partition coefficient (Wildman–Crippen LogP) is 2.01. The Labute approximate surface area is 127 Å². The molecule has 0 aliphatic rings. The first-order valence-electron chi connectivity index (χ1n) is 6.74. The summed E-state index contributed by atoms with van der Waals surface area (Å²) in [7, 11) is 0. The largest absolute Gasteiger partial charge is 0.348 e. The smallest absolute Gasteiger partial charge is 0.276 e. The van der Waals surface area contributed by atoms with Gasteiger partial charge in [0.25, 0.3) is 5.69 Å². The van der Waals surface area contributed by atoms with Gasteiger partial charge in [0.1, 0.15) is 0 Å². The highest BCUT2D eigenvalue weighted by atomic mass is 16.6. The molecule has 0 aliphatic heterocycles. The van der Waals surface area contributed by atoms with E-state index in [4.69, 9.17) is 0 Å². The molecule has 22 heavy (non-hydrogen) atoms. The Kier molecular flexibility index (Phi) is 5.02. The second-order valence-corrected chi connectivity index (χ2v) is 4.82. The van der Waals surface area contributed by atoms with Crippen LogP contribution in [0, 0.1) is 10.1 Å². The van der Waals surface area contributed by atoms with Crippen molar-refractivity contribution in [3.63, 3.8) is 0 Å².